The maximum Gasteiger partial charge on any atom is 0.219 e. The minimum Gasteiger partial charge on any atom is -0.439 e. The van der Waals surface area contributed by atoms with E-state index in [0.717, 1.165) is 5.56 Å². The summed E-state index contributed by atoms with van der Waals surface area (Å²) in [5.74, 6) is 1.36. The fourth-order valence-electron chi connectivity index (χ4n) is 1.81. The van der Waals surface area contributed by atoms with Crippen LogP contribution in [0, 0.1) is 5.82 Å². The van der Waals surface area contributed by atoms with Crippen LogP contribution in [0.5, 0.6) is 11.6 Å². The van der Waals surface area contributed by atoms with E-state index in [1.54, 1.807) is 31.5 Å². The predicted octanol–water partition coefficient (Wildman–Crippen LogP) is 2.86. The van der Waals surface area contributed by atoms with Crippen molar-refractivity contribution >= 4 is 5.96 Å². The molecule has 0 aliphatic carbocycles. The zero-order chi connectivity index (χ0) is 16.5. The summed E-state index contributed by atoms with van der Waals surface area (Å²) in [6, 6.07) is 9.50. The first kappa shape index (κ1) is 16.5. The van der Waals surface area contributed by atoms with Crippen LogP contribution in [-0.4, -0.2) is 24.5 Å². The molecule has 0 aliphatic rings. The van der Waals surface area contributed by atoms with E-state index in [9.17, 15) is 4.39 Å². The number of halogens is 1. The van der Waals surface area contributed by atoms with Crippen LogP contribution < -0.4 is 15.4 Å². The van der Waals surface area contributed by atoms with Crippen molar-refractivity contribution < 1.29 is 9.13 Å². The molecule has 120 valence electrons. The summed E-state index contributed by atoms with van der Waals surface area (Å²) < 4.78 is 18.5. The number of pyridine rings is 1. The van der Waals surface area contributed by atoms with Gasteiger partial charge in [-0.15, -0.1) is 6.58 Å². The summed E-state index contributed by atoms with van der Waals surface area (Å²) in [5.41, 5.74) is 0.985. The molecule has 0 radical (unpaired) electrons. The van der Waals surface area contributed by atoms with Crippen molar-refractivity contribution in [1.29, 1.82) is 0 Å². The van der Waals surface area contributed by atoms with Gasteiger partial charge >= 0.3 is 0 Å². The Kier molecular flexibility index (Phi) is 6.11. The van der Waals surface area contributed by atoms with Gasteiger partial charge in [-0.3, -0.25) is 4.99 Å². The number of ether oxygens (including phenoxy) is 1. The highest BCUT2D eigenvalue weighted by atomic mass is 19.1. The molecular weight excluding hydrogens is 295 g/mol. The maximum atomic E-state index is 12.9. The SMILES string of the molecule is C=CCNC(=NC)NCc1ccnc(Oc2ccc(F)cc2)c1. The van der Waals surface area contributed by atoms with E-state index < -0.39 is 0 Å². The Hall–Kier alpha value is -2.89. The number of hydrogen-bond donors (Lipinski definition) is 2. The second-order valence-electron chi connectivity index (χ2n) is 4.65. The van der Waals surface area contributed by atoms with Gasteiger partial charge in [0.1, 0.15) is 11.6 Å². The molecule has 1 aromatic heterocycles. The summed E-state index contributed by atoms with van der Waals surface area (Å²) in [5, 5.41) is 6.26. The van der Waals surface area contributed by atoms with Crippen molar-refractivity contribution in [2.24, 2.45) is 4.99 Å². The summed E-state index contributed by atoms with van der Waals surface area (Å²) in [7, 11) is 1.70. The predicted molar refractivity (Wildman–Crippen MR) is 89.1 cm³/mol. The number of guanidine groups is 1. The van der Waals surface area contributed by atoms with Gasteiger partial charge in [-0.1, -0.05) is 6.08 Å². The Labute approximate surface area is 134 Å². The Morgan fingerprint density at radius 3 is 2.78 bits per heavy atom. The van der Waals surface area contributed by atoms with E-state index in [1.165, 1.54) is 12.1 Å². The van der Waals surface area contributed by atoms with Crippen molar-refractivity contribution in [3.63, 3.8) is 0 Å². The molecule has 0 bridgehead atoms. The van der Waals surface area contributed by atoms with Gasteiger partial charge < -0.3 is 15.4 Å². The molecule has 0 spiro atoms. The van der Waals surface area contributed by atoms with E-state index in [-0.39, 0.29) is 5.82 Å². The second kappa shape index (κ2) is 8.53. The molecular formula is C17H19FN4O. The van der Waals surface area contributed by atoms with E-state index >= 15 is 0 Å². The first-order valence-electron chi connectivity index (χ1n) is 7.15. The Morgan fingerprint density at radius 2 is 2.09 bits per heavy atom. The molecule has 0 fully saturated rings. The first-order valence-corrected chi connectivity index (χ1v) is 7.15. The molecule has 2 N–H and O–H groups in total. The van der Waals surface area contributed by atoms with Gasteiger partial charge in [0.25, 0.3) is 0 Å². The molecule has 0 saturated heterocycles. The maximum absolute atomic E-state index is 12.9. The molecule has 0 saturated carbocycles. The number of nitrogens with zero attached hydrogens (tertiary/aromatic N) is 2. The Morgan fingerprint density at radius 1 is 1.30 bits per heavy atom. The van der Waals surface area contributed by atoms with E-state index in [2.05, 4.69) is 27.2 Å². The third-order valence-corrected chi connectivity index (χ3v) is 2.93. The van der Waals surface area contributed by atoms with E-state index in [4.69, 9.17) is 4.74 Å². The average molecular weight is 314 g/mol. The fraction of sp³-hybridized carbons (Fsp3) is 0.176. The lowest BCUT2D eigenvalue weighted by molar-refractivity contribution is 0.460. The molecule has 0 atom stereocenters. The molecule has 1 heterocycles. The van der Waals surface area contributed by atoms with Crippen LogP contribution in [0.25, 0.3) is 0 Å². The standard InChI is InChI=1S/C17H19FN4O/c1-3-9-21-17(19-2)22-12-13-8-10-20-16(11-13)23-15-6-4-14(18)5-7-15/h3-8,10-11H,1,9,12H2,2H3,(H2,19,21,22). The van der Waals surface area contributed by atoms with Gasteiger partial charge in [0.15, 0.2) is 5.96 Å². The van der Waals surface area contributed by atoms with Crippen LogP contribution >= 0.6 is 0 Å². The van der Waals surface area contributed by atoms with Crippen LogP contribution in [0.2, 0.25) is 0 Å². The van der Waals surface area contributed by atoms with Gasteiger partial charge in [0.2, 0.25) is 5.88 Å². The second-order valence-corrected chi connectivity index (χ2v) is 4.65. The highest BCUT2D eigenvalue weighted by Crippen LogP contribution is 2.20. The van der Waals surface area contributed by atoms with Crippen molar-refractivity contribution in [2.45, 2.75) is 6.54 Å². The number of nitrogens with one attached hydrogen (secondary N) is 2. The molecule has 2 aromatic rings. The fourth-order valence-corrected chi connectivity index (χ4v) is 1.81. The third-order valence-electron chi connectivity index (χ3n) is 2.93. The molecule has 1 aromatic carbocycles. The highest BCUT2D eigenvalue weighted by Gasteiger charge is 2.02. The zero-order valence-corrected chi connectivity index (χ0v) is 12.9. The van der Waals surface area contributed by atoms with Gasteiger partial charge in [-0.05, 0) is 35.9 Å². The quantitative estimate of drug-likeness (QED) is 0.489. The number of hydrogen-bond acceptors (Lipinski definition) is 3. The van der Waals surface area contributed by atoms with Gasteiger partial charge in [-0.25, -0.2) is 9.37 Å². The van der Waals surface area contributed by atoms with Crippen molar-refractivity contribution in [3.05, 3.63) is 66.6 Å². The molecule has 6 heteroatoms. The van der Waals surface area contributed by atoms with E-state index in [1.807, 2.05) is 12.1 Å². The van der Waals surface area contributed by atoms with Crippen LogP contribution in [0.1, 0.15) is 5.56 Å². The van der Waals surface area contributed by atoms with Crippen molar-refractivity contribution in [3.8, 4) is 11.6 Å². The topological polar surface area (TPSA) is 58.5 Å². The van der Waals surface area contributed by atoms with Crippen LogP contribution in [0.4, 0.5) is 4.39 Å². The smallest absolute Gasteiger partial charge is 0.219 e. The lowest BCUT2D eigenvalue weighted by Crippen LogP contribution is -2.36. The molecule has 0 unspecified atom stereocenters. The van der Waals surface area contributed by atoms with Crippen molar-refractivity contribution in [2.75, 3.05) is 13.6 Å². The summed E-state index contributed by atoms with van der Waals surface area (Å²) in [6.45, 7) is 4.85. The van der Waals surface area contributed by atoms with E-state index in [0.29, 0.717) is 30.7 Å². The zero-order valence-electron chi connectivity index (χ0n) is 12.9. The number of aromatic nitrogens is 1. The summed E-state index contributed by atoms with van der Waals surface area (Å²) in [4.78, 5) is 8.25. The van der Waals surface area contributed by atoms with Crippen molar-refractivity contribution in [1.82, 2.24) is 15.6 Å². The molecule has 2 rings (SSSR count). The van der Waals surface area contributed by atoms with Gasteiger partial charge in [-0.2, -0.15) is 0 Å². The minimum absolute atomic E-state index is 0.304. The van der Waals surface area contributed by atoms with Gasteiger partial charge in [0, 0.05) is 32.4 Å². The molecule has 23 heavy (non-hydrogen) atoms. The highest BCUT2D eigenvalue weighted by molar-refractivity contribution is 5.79. The van der Waals surface area contributed by atoms with Gasteiger partial charge in [0.05, 0.1) is 0 Å². The van der Waals surface area contributed by atoms with Crippen LogP contribution in [-0.2, 0) is 6.54 Å². The Balaban J connectivity index is 1.96. The normalized spacial score (nSPS) is 11.0. The summed E-state index contributed by atoms with van der Waals surface area (Å²) >= 11 is 0. The lowest BCUT2D eigenvalue weighted by atomic mass is 10.2. The molecule has 5 nitrogen and oxygen atoms in total. The number of benzene rings is 1. The number of rotatable bonds is 6. The average Bonchev–Trinajstić information content (AvgIpc) is 2.57. The Bertz CT molecular complexity index is 671. The lowest BCUT2D eigenvalue weighted by Gasteiger charge is -2.11. The van der Waals surface area contributed by atoms with Crippen LogP contribution in [0.15, 0.2) is 60.2 Å². The summed E-state index contributed by atoms with van der Waals surface area (Å²) in [6.07, 6.45) is 3.42. The molecule has 0 aliphatic heterocycles. The monoisotopic (exact) mass is 314 g/mol. The minimum atomic E-state index is -0.304. The largest absolute Gasteiger partial charge is 0.439 e. The third kappa shape index (κ3) is 5.43. The van der Waals surface area contributed by atoms with Crippen LogP contribution in [0.3, 0.4) is 0 Å². The molecule has 0 amide bonds. The number of aliphatic imine (C=N–C) groups is 1. The first-order chi connectivity index (χ1) is 11.2.